The first-order valence-electron chi connectivity index (χ1n) is 7.41. The number of anilines is 1. The van der Waals surface area contributed by atoms with Crippen LogP contribution in [0.3, 0.4) is 0 Å². The van der Waals surface area contributed by atoms with Crippen LogP contribution in [0, 0.1) is 10.1 Å². The Hall–Kier alpha value is -3.31. The maximum absolute atomic E-state index is 13.1. The fourth-order valence-electron chi connectivity index (χ4n) is 1.97. The molecule has 1 aromatic rings. The van der Waals surface area contributed by atoms with Gasteiger partial charge in [0.1, 0.15) is 19.5 Å². The molecule has 9 nitrogen and oxygen atoms in total. The molecule has 2 rings (SSSR count). The first kappa shape index (κ1) is 20.0. The van der Waals surface area contributed by atoms with Gasteiger partial charge in [0.2, 0.25) is 5.76 Å². The molecule has 0 saturated carbocycles. The Morgan fingerprint density at radius 1 is 1.33 bits per heavy atom. The number of amides is 1. The summed E-state index contributed by atoms with van der Waals surface area (Å²) in [5.41, 5.74) is -2.91. The molecule has 0 fully saturated rings. The standard InChI is InChI=1S/C15H13F3N2O7/c1-8(27-14(22)12-7-25-4-5-26-12)13(21)19-11-3-2-9(20(23)24)6-10(11)15(16,17)18/h2-3,6-8H,4-5H2,1H3,(H,19,21)/t8-/m0/s1. The van der Waals surface area contributed by atoms with Crippen molar-refractivity contribution >= 4 is 23.3 Å². The second-order valence-electron chi connectivity index (χ2n) is 5.22. The monoisotopic (exact) mass is 390 g/mol. The van der Waals surface area contributed by atoms with Gasteiger partial charge in [-0.3, -0.25) is 14.9 Å². The van der Waals surface area contributed by atoms with Crippen molar-refractivity contribution in [2.45, 2.75) is 19.2 Å². The zero-order valence-corrected chi connectivity index (χ0v) is 13.7. The first-order chi connectivity index (χ1) is 12.6. The van der Waals surface area contributed by atoms with Gasteiger partial charge in [-0.25, -0.2) is 4.79 Å². The van der Waals surface area contributed by atoms with E-state index in [1.54, 1.807) is 0 Å². The van der Waals surface area contributed by atoms with Gasteiger partial charge in [0, 0.05) is 12.1 Å². The normalized spacial score (nSPS) is 14.9. The second-order valence-corrected chi connectivity index (χ2v) is 5.22. The summed E-state index contributed by atoms with van der Waals surface area (Å²) < 4.78 is 53.9. The Balaban J connectivity index is 2.13. The van der Waals surface area contributed by atoms with Gasteiger partial charge < -0.3 is 19.5 Å². The van der Waals surface area contributed by atoms with Gasteiger partial charge in [0.05, 0.1) is 16.2 Å². The van der Waals surface area contributed by atoms with Crippen molar-refractivity contribution in [1.82, 2.24) is 0 Å². The van der Waals surface area contributed by atoms with Crippen molar-refractivity contribution in [1.29, 1.82) is 0 Å². The summed E-state index contributed by atoms with van der Waals surface area (Å²) in [6.07, 6.45) is -5.43. The molecule has 0 saturated heterocycles. The van der Waals surface area contributed by atoms with Gasteiger partial charge in [-0.15, -0.1) is 0 Å². The number of hydrogen-bond donors (Lipinski definition) is 1. The lowest BCUT2D eigenvalue weighted by molar-refractivity contribution is -0.385. The van der Waals surface area contributed by atoms with E-state index in [0.29, 0.717) is 6.07 Å². The van der Waals surface area contributed by atoms with Crippen LogP contribution in [0.5, 0.6) is 0 Å². The van der Waals surface area contributed by atoms with Crippen LogP contribution < -0.4 is 5.32 Å². The number of ether oxygens (including phenoxy) is 3. The van der Waals surface area contributed by atoms with Crippen LogP contribution >= 0.6 is 0 Å². The van der Waals surface area contributed by atoms with E-state index in [2.05, 4.69) is 0 Å². The molecule has 0 unspecified atom stereocenters. The molecule has 0 spiro atoms. The molecule has 1 amide bonds. The number of halogens is 3. The molecule has 1 aliphatic rings. The summed E-state index contributed by atoms with van der Waals surface area (Å²) >= 11 is 0. The Morgan fingerprint density at radius 2 is 2.04 bits per heavy atom. The lowest BCUT2D eigenvalue weighted by atomic mass is 10.1. The van der Waals surface area contributed by atoms with Gasteiger partial charge >= 0.3 is 12.1 Å². The molecule has 146 valence electrons. The van der Waals surface area contributed by atoms with Crippen molar-refractivity contribution < 1.29 is 41.9 Å². The molecular formula is C15H13F3N2O7. The Kier molecular flexibility index (Phi) is 5.88. The van der Waals surface area contributed by atoms with Gasteiger partial charge in [-0.1, -0.05) is 0 Å². The topological polar surface area (TPSA) is 117 Å². The third-order valence-electron chi connectivity index (χ3n) is 3.28. The summed E-state index contributed by atoms with van der Waals surface area (Å²) in [7, 11) is 0. The van der Waals surface area contributed by atoms with Crippen LogP contribution in [0.2, 0.25) is 0 Å². The summed E-state index contributed by atoms with van der Waals surface area (Å²) in [5, 5.41) is 12.6. The smallest absolute Gasteiger partial charge is 0.418 e. The summed E-state index contributed by atoms with van der Waals surface area (Å²) in [6.45, 7) is 1.46. The van der Waals surface area contributed by atoms with Crippen LogP contribution in [0.25, 0.3) is 0 Å². The number of alkyl halides is 3. The van der Waals surface area contributed by atoms with E-state index in [1.807, 2.05) is 5.32 Å². The number of non-ortho nitro benzene ring substituents is 1. The highest BCUT2D eigenvalue weighted by Gasteiger charge is 2.36. The zero-order chi connectivity index (χ0) is 20.2. The number of nitrogens with one attached hydrogen (secondary N) is 1. The van der Waals surface area contributed by atoms with E-state index in [9.17, 15) is 32.9 Å². The molecule has 0 aromatic heterocycles. The predicted molar refractivity (Wildman–Crippen MR) is 82.3 cm³/mol. The fraction of sp³-hybridized carbons (Fsp3) is 0.333. The minimum absolute atomic E-state index is 0.0965. The Morgan fingerprint density at radius 3 is 2.59 bits per heavy atom. The van der Waals surface area contributed by atoms with Gasteiger partial charge in [0.25, 0.3) is 11.6 Å². The highest BCUT2D eigenvalue weighted by atomic mass is 19.4. The molecule has 27 heavy (non-hydrogen) atoms. The first-order valence-corrected chi connectivity index (χ1v) is 7.41. The fourth-order valence-corrected chi connectivity index (χ4v) is 1.97. The molecule has 0 radical (unpaired) electrons. The molecule has 0 bridgehead atoms. The summed E-state index contributed by atoms with van der Waals surface area (Å²) in [5.74, 6) is -2.38. The molecule has 12 heteroatoms. The van der Waals surface area contributed by atoms with Crippen molar-refractivity contribution in [2.24, 2.45) is 0 Å². The number of esters is 1. The van der Waals surface area contributed by atoms with Crippen molar-refractivity contribution in [2.75, 3.05) is 18.5 Å². The third-order valence-corrected chi connectivity index (χ3v) is 3.28. The number of nitro benzene ring substituents is 1. The van der Waals surface area contributed by atoms with Gasteiger partial charge in [-0.05, 0) is 13.0 Å². The third kappa shape index (κ3) is 5.09. The van der Waals surface area contributed by atoms with E-state index >= 15 is 0 Å². The molecule has 1 N–H and O–H groups in total. The van der Waals surface area contributed by atoms with Crippen LogP contribution in [0.15, 0.2) is 30.2 Å². The van der Waals surface area contributed by atoms with E-state index in [4.69, 9.17) is 14.2 Å². The lowest BCUT2D eigenvalue weighted by Crippen LogP contribution is -2.32. The Labute approximate surface area is 149 Å². The maximum atomic E-state index is 13.1. The number of nitro groups is 1. The number of hydrogen-bond acceptors (Lipinski definition) is 7. The van der Waals surface area contributed by atoms with Crippen LogP contribution in [-0.2, 0) is 30.0 Å². The van der Waals surface area contributed by atoms with Crippen molar-refractivity contribution in [3.63, 3.8) is 0 Å². The summed E-state index contributed by atoms with van der Waals surface area (Å²) in [4.78, 5) is 33.5. The van der Waals surface area contributed by atoms with E-state index < -0.39 is 46.0 Å². The van der Waals surface area contributed by atoms with Crippen LogP contribution in [-0.4, -0.2) is 36.1 Å². The molecule has 1 aromatic carbocycles. The summed E-state index contributed by atoms with van der Waals surface area (Å²) in [6, 6.07) is 1.85. The van der Waals surface area contributed by atoms with E-state index in [-0.39, 0.29) is 19.0 Å². The highest BCUT2D eigenvalue weighted by Crippen LogP contribution is 2.37. The van der Waals surface area contributed by atoms with Crippen LogP contribution in [0.4, 0.5) is 24.5 Å². The minimum atomic E-state index is -4.95. The minimum Gasteiger partial charge on any atom is -0.493 e. The Bertz CT molecular complexity index is 792. The lowest BCUT2D eigenvalue weighted by Gasteiger charge is -2.18. The average Bonchev–Trinajstić information content (AvgIpc) is 2.61. The molecule has 1 heterocycles. The quantitative estimate of drug-likeness (QED) is 0.466. The van der Waals surface area contributed by atoms with Crippen molar-refractivity contribution in [3.8, 4) is 0 Å². The second kappa shape index (κ2) is 7.93. The van der Waals surface area contributed by atoms with Gasteiger partial charge in [0.15, 0.2) is 6.10 Å². The van der Waals surface area contributed by atoms with E-state index in [0.717, 1.165) is 25.3 Å². The number of benzene rings is 1. The number of carbonyl (C=O) groups excluding carboxylic acids is 2. The average molecular weight is 390 g/mol. The zero-order valence-electron chi connectivity index (χ0n) is 13.7. The SMILES string of the molecule is C[C@H](OC(=O)C1=COCCO1)C(=O)Nc1ccc([N+](=O)[O-])cc1C(F)(F)F. The number of carbonyl (C=O) groups is 2. The highest BCUT2D eigenvalue weighted by molar-refractivity contribution is 5.97. The molecule has 1 aliphatic heterocycles. The van der Waals surface area contributed by atoms with Crippen LogP contribution in [0.1, 0.15) is 12.5 Å². The van der Waals surface area contributed by atoms with E-state index in [1.165, 1.54) is 0 Å². The molecule has 1 atom stereocenters. The number of nitrogens with zero attached hydrogens (tertiary/aromatic N) is 1. The van der Waals surface area contributed by atoms with Gasteiger partial charge in [-0.2, -0.15) is 13.2 Å². The molecular weight excluding hydrogens is 377 g/mol. The van der Waals surface area contributed by atoms with Crippen molar-refractivity contribution in [3.05, 3.63) is 45.9 Å². The maximum Gasteiger partial charge on any atom is 0.418 e. The predicted octanol–water partition coefficient (Wildman–Crippen LogP) is 2.37. The largest absolute Gasteiger partial charge is 0.493 e. The number of rotatable bonds is 5. The molecule has 0 aliphatic carbocycles.